The summed E-state index contributed by atoms with van der Waals surface area (Å²) in [6, 6.07) is 6.31. The van der Waals surface area contributed by atoms with E-state index in [9.17, 15) is 0 Å². The third-order valence-electron chi connectivity index (χ3n) is 3.17. The Kier molecular flexibility index (Phi) is 6.47. The number of halogens is 2. The third kappa shape index (κ3) is 4.15. The molecule has 0 unspecified atom stereocenters. The van der Waals surface area contributed by atoms with E-state index >= 15 is 0 Å². The van der Waals surface area contributed by atoms with Gasteiger partial charge in [-0.2, -0.15) is 0 Å². The number of nitrogens with one attached hydrogen (secondary N) is 1. The first-order valence-corrected chi connectivity index (χ1v) is 7.13. The normalized spacial score (nSPS) is 16.4. The maximum atomic E-state index is 6.14. The third-order valence-corrected chi connectivity index (χ3v) is 3.67. The van der Waals surface area contributed by atoms with Crippen LogP contribution in [0.2, 0.25) is 0 Å². The zero-order valence-corrected chi connectivity index (χ0v) is 13.3. The highest BCUT2D eigenvalue weighted by atomic mass is 79.9. The van der Waals surface area contributed by atoms with Crippen molar-refractivity contribution >= 4 is 28.3 Å². The monoisotopic (exact) mass is 333 g/mol. The molecule has 0 aromatic heterocycles. The average Bonchev–Trinajstić information content (AvgIpc) is 2.32. The van der Waals surface area contributed by atoms with Gasteiger partial charge in [0.1, 0.15) is 11.9 Å². The molecule has 0 spiro atoms. The largest absolute Gasteiger partial charge is 0.490 e. The Bertz CT molecular complexity index is 378. The van der Waals surface area contributed by atoms with Crippen LogP contribution in [0.3, 0.4) is 0 Å². The van der Waals surface area contributed by atoms with E-state index in [0.29, 0.717) is 12.0 Å². The van der Waals surface area contributed by atoms with Crippen LogP contribution in [0.25, 0.3) is 0 Å². The fraction of sp³-hybridized carbons (Fsp3) is 0.571. The van der Waals surface area contributed by atoms with Gasteiger partial charge in [-0.3, -0.25) is 0 Å². The second kappa shape index (κ2) is 7.37. The second-order valence-electron chi connectivity index (χ2n) is 4.90. The van der Waals surface area contributed by atoms with Crippen LogP contribution >= 0.6 is 28.3 Å². The first-order chi connectivity index (χ1) is 8.16. The summed E-state index contributed by atoms with van der Waals surface area (Å²) in [5.74, 6) is 1.54. The molecule has 1 heterocycles. The van der Waals surface area contributed by atoms with Crippen LogP contribution in [0, 0.1) is 0 Å². The lowest BCUT2D eigenvalue weighted by Gasteiger charge is -2.25. The molecule has 0 atom stereocenters. The zero-order valence-electron chi connectivity index (χ0n) is 10.9. The van der Waals surface area contributed by atoms with E-state index in [1.165, 1.54) is 5.56 Å². The van der Waals surface area contributed by atoms with Crippen molar-refractivity contribution in [3.63, 3.8) is 0 Å². The molecule has 2 rings (SSSR count). The Morgan fingerprint density at radius 2 is 1.94 bits per heavy atom. The second-order valence-corrected chi connectivity index (χ2v) is 5.82. The van der Waals surface area contributed by atoms with Gasteiger partial charge in [-0.15, -0.1) is 12.4 Å². The molecule has 0 aliphatic carbocycles. The van der Waals surface area contributed by atoms with E-state index in [1.54, 1.807) is 0 Å². The van der Waals surface area contributed by atoms with E-state index in [1.807, 2.05) is 0 Å². The summed E-state index contributed by atoms with van der Waals surface area (Å²) in [7, 11) is 0. The Morgan fingerprint density at radius 3 is 2.56 bits per heavy atom. The Hall–Kier alpha value is -0.250. The fourth-order valence-corrected chi connectivity index (χ4v) is 2.55. The minimum atomic E-state index is 0. The Morgan fingerprint density at radius 1 is 1.28 bits per heavy atom. The number of hydrogen-bond donors (Lipinski definition) is 1. The van der Waals surface area contributed by atoms with E-state index in [-0.39, 0.29) is 12.4 Å². The molecule has 0 amide bonds. The van der Waals surface area contributed by atoms with Gasteiger partial charge in [-0.05, 0) is 55.6 Å². The van der Waals surface area contributed by atoms with Crippen molar-refractivity contribution < 1.29 is 4.74 Å². The highest BCUT2D eigenvalue weighted by Crippen LogP contribution is 2.31. The summed E-state index contributed by atoms with van der Waals surface area (Å²) < 4.78 is 7.27. The van der Waals surface area contributed by atoms with Crippen LogP contribution in [-0.2, 0) is 0 Å². The van der Waals surface area contributed by atoms with Gasteiger partial charge in [0.05, 0.1) is 0 Å². The van der Waals surface area contributed by atoms with Crippen LogP contribution in [-0.4, -0.2) is 19.2 Å². The van der Waals surface area contributed by atoms with Gasteiger partial charge in [0.15, 0.2) is 0 Å². The van der Waals surface area contributed by atoms with E-state index in [4.69, 9.17) is 4.74 Å². The first kappa shape index (κ1) is 15.8. The molecule has 1 aliphatic rings. The van der Waals surface area contributed by atoms with Crippen molar-refractivity contribution in [3.8, 4) is 5.75 Å². The number of piperidine rings is 1. The van der Waals surface area contributed by atoms with E-state index < -0.39 is 0 Å². The van der Waals surface area contributed by atoms with Gasteiger partial charge in [0, 0.05) is 4.47 Å². The van der Waals surface area contributed by atoms with Crippen LogP contribution in [0.4, 0.5) is 0 Å². The summed E-state index contributed by atoms with van der Waals surface area (Å²) in [6.45, 7) is 6.55. The maximum Gasteiger partial charge on any atom is 0.123 e. The minimum Gasteiger partial charge on any atom is -0.490 e. The highest BCUT2D eigenvalue weighted by Gasteiger charge is 2.17. The smallest absolute Gasteiger partial charge is 0.123 e. The highest BCUT2D eigenvalue weighted by molar-refractivity contribution is 9.10. The van der Waals surface area contributed by atoms with Crippen molar-refractivity contribution in [1.29, 1.82) is 0 Å². The summed E-state index contributed by atoms with van der Waals surface area (Å²) in [5, 5.41) is 3.36. The number of hydrogen-bond acceptors (Lipinski definition) is 2. The average molecular weight is 335 g/mol. The molecule has 1 N–H and O–H groups in total. The standard InChI is InChI=1S/C14H20BrNO.ClH/c1-10(2)13-9-11(15)3-4-14(13)17-12-5-7-16-8-6-12;/h3-4,9-10,12,16H,5-8H2,1-2H3;1H. The quantitative estimate of drug-likeness (QED) is 0.897. The van der Waals surface area contributed by atoms with Crippen LogP contribution in [0.5, 0.6) is 5.75 Å². The summed E-state index contributed by atoms with van der Waals surface area (Å²) in [5.41, 5.74) is 1.29. The topological polar surface area (TPSA) is 21.3 Å². The van der Waals surface area contributed by atoms with E-state index in [0.717, 1.165) is 36.2 Å². The lowest BCUT2D eigenvalue weighted by molar-refractivity contribution is 0.160. The summed E-state index contributed by atoms with van der Waals surface area (Å²) >= 11 is 3.52. The molecule has 1 saturated heterocycles. The summed E-state index contributed by atoms with van der Waals surface area (Å²) in [6.07, 6.45) is 2.58. The number of ether oxygens (including phenoxy) is 1. The molecule has 1 aromatic carbocycles. The fourth-order valence-electron chi connectivity index (χ4n) is 2.17. The van der Waals surface area contributed by atoms with Crippen molar-refractivity contribution in [2.45, 2.75) is 38.7 Å². The molecule has 1 fully saturated rings. The SMILES string of the molecule is CC(C)c1cc(Br)ccc1OC1CCNCC1.Cl. The van der Waals surface area contributed by atoms with E-state index in [2.05, 4.69) is 53.3 Å². The molecule has 1 aliphatic heterocycles. The Balaban J connectivity index is 0.00000162. The minimum absolute atomic E-state index is 0. The van der Waals surface area contributed by atoms with Gasteiger partial charge in [0.25, 0.3) is 0 Å². The maximum absolute atomic E-state index is 6.14. The van der Waals surface area contributed by atoms with Gasteiger partial charge >= 0.3 is 0 Å². The van der Waals surface area contributed by atoms with Gasteiger partial charge in [-0.25, -0.2) is 0 Å². The molecule has 102 valence electrons. The van der Waals surface area contributed by atoms with Crippen LogP contribution < -0.4 is 10.1 Å². The predicted octanol–water partition coefficient (Wildman–Crippen LogP) is 4.13. The molecule has 0 saturated carbocycles. The van der Waals surface area contributed by atoms with Crippen LogP contribution in [0.15, 0.2) is 22.7 Å². The molecule has 18 heavy (non-hydrogen) atoms. The molecule has 4 heteroatoms. The lowest BCUT2D eigenvalue weighted by Crippen LogP contribution is -2.34. The molecule has 2 nitrogen and oxygen atoms in total. The molecule has 0 bridgehead atoms. The van der Waals surface area contributed by atoms with Crippen molar-refractivity contribution in [2.75, 3.05) is 13.1 Å². The van der Waals surface area contributed by atoms with Gasteiger partial charge in [0.2, 0.25) is 0 Å². The van der Waals surface area contributed by atoms with Crippen molar-refractivity contribution in [2.24, 2.45) is 0 Å². The van der Waals surface area contributed by atoms with Crippen LogP contribution in [0.1, 0.15) is 38.2 Å². The molecular formula is C14H21BrClNO. The molecular weight excluding hydrogens is 314 g/mol. The summed E-state index contributed by atoms with van der Waals surface area (Å²) in [4.78, 5) is 0. The molecule has 1 aromatic rings. The zero-order chi connectivity index (χ0) is 12.3. The van der Waals surface area contributed by atoms with Crippen molar-refractivity contribution in [3.05, 3.63) is 28.2 Å². The first-order valence-electron chi connectivity index (χ1n) is 6.33. The van der Waals surface area contributed by atoms with Gasteiger partial charge in [-0.1, -0.05) is 29.8 Å². The predicted molar refractivity (Wildman–Crippen MR) is 82.0 cm³/mol. The number of benzene rings is 1. The lowest BCUT2D eigenvalue weighted by atomic mass is 10.0. The Labute approximate surface area is 124 Å². The van der Waals surface area contributed by atoms with Gasteiger partial charge < -0.3 is 10.1 Å². The number of rotatable bonds is 3. The molecule has 0 radical (unpaired) electrons. The van der Waals surface area contributed by atoms with Crippen molar-refractivity contribution in [1.82, 2.24) is 5.32 Å².